The average Bonchev–Trinajstić information content (AvgIpc) is 3.15. The Morgan fingerprint density at radius 2 is 1.83 bits per heavy atom. The van der Waals surface area contributed by atoms with Crippen molar-refractivity contribution in [3.8, 4) is 0 Å². The fraction of sp³-hybridized carbons (Fsp3) is 0.450. The van der Waals surface area contributed by atoms with Crippen LogP contribution < -0.4 is 4.90 Å². The molecule has 0 unspecified atom stereocenters. The van der Waals surface area contributed by atoms with E-state index in [1.165, 1.54) is 22.4 Å². The molecule has 118 valence electrons. The Balaban J connectivity index is 1.78. The molecule has 23 heavy (non-hydrogen) atoms. The highest BCUT2D eigenvalue weighted by atomic mass is 16.4. The van der Waals surface area contributed by atoms with E-state index >= 15 is 0 Å². The quantitative estimate of drug-likeness (QED) is 0.806. The van der Waals surface area contributed by atoms with Gasteiger partial charge in [-0.05, 0) is 36.8 Å². The van der Waals surface area contributed by atoms with E-state index in [1.807, 2.05) is 0 Å². The van der Waals surface area contributed by atoms with Gasteiger partial charge < -0.3 is 10.0 Å². The van der Waals surface area contributed by atoms with Crippen molar-refractivity contribution in [1.29, 1.82) is 0 Å². The van der Waals surface area contributed by atoms with Gasteiger partial charge >= 0.3 is 5.97 Å². The Hall–Kier alpha value is -2.03. The lowest BCUT2D eigenvalue weighted by Gasteiger charge is -2.49. The third kappa shape index (κ3) is 1.68. The largest absolute Gasteiger partial charge is 0.480 e. The van der Waals surface area contributed by atoms with Crippen molar-refractivity contribution in [2.75, 3.05) is 11.4 Å². The normalized spacial score (nSPS) is 35.9. The molecule has 0 fully saturated rings. The molecule has 1 aromatic carbocycles. The molecule has 0 radical (unpaired) electrons. The number of rotatable bonds is 1. The minimum absolute atomic E-state index is 0.181. The van der Waals surface area contributed by atoms with Crippen molar-refractivity contribution in [2.45, 2.75) is 37.6 Å². The third-order valence-electron chi connectivity index (χ3n) is 6.25. The van der Waals surface area contributed by atoms with E-state index < -0.39 is 5.97 Å². The van der Waals surface area contributed by atoms with Gasteiger partial charge in [-0.15, -0.1) is 0 Å². The lowest BCUT2D eigenvalue weighted by molar-refractivity contribution is -0.140. The number of anilines is 1. The zero-order valence-electron chi connectivity index (χ0n) is 13.3. The number of carbonyl (C=O) groups is 1. The van der Waals surface area contributed by atoms with Gasteiger partial charge in [-0.3, -0.25) is 0 Å². The fourth-order valence-electron chi connectivity index (χ4n) is 5.40. The van der Waals surface area contributed by atoms with Crippen LogP contribution in [-0.2, 0) is 4.79 Å². The first kappa shape index (κ1) is 13.4. The van der Waals surface area contributed by atoms with Crippen LogP contribution in [0.15, 0.2) is 36.4 Å². The average molecular weight is 307 g/mol. The monoisotopic (exact) mass is 307 g/mol. The van der Waals surface area contributed by atoms with Crippen molar-refractivity contribution < 1.29 is 9.90 Å². The Kier molecular flexibility index (Phi) is 2.62. The summed E-state index contributed by atoms with van der Waals surface area (Å²) in [7, 11) is 0. The predicted molar refractivity (Wildman–Crippen MR) is 89.9 cm³/mol. The molecule has 0 bridgehead atoms. The maximum Gasteiger partial charge on any atom is 0.326 e. The van der Waals surface area contributed by atoms with Crippen molar-refractivity contribution in [1.82, 2.24) is 0 Å². The van der Waals surface area contributed by atoms with E-state index in [9.17, 15) is 9.90 Å². The molecule has 0 spiro atoms. The van der Waals surface area contributed by atoms with Gasteiger partial charge in [-0.1, -0.05) is 42.0 Å². The van der Waals surface area contributed by atoms with Crippen LogP contribution >= 0.6 is 0 Å². The van der Waals surface area contributed by atoms with E-state index in [2.05, 4.69) is 48.3 Å². The molecule has 5 rings (SSSR count). The number of hydrogen-bond acceptors (Lipinski definition) is 2. The van der Waals surface area contributed by atoms with Gasteiger partial charge in [-0.2, -0.15) is 0 Å². The summed E-state index contributed by atoms with van der Waals surface area (Å²) in [6.07, 6.45) is 11.0. The molecule has 2 aliphatic carbocycles. The van der Waals surface area contributed by atoms with E-state index in [0.29, 0.717) is 11.8 Å². The predicted octanol–water partition coefficient (Wildman–Crippen LogP) is 3.60. The summed E-state index contributed by atoms with van der Waals surface area (Å²) in [6, 6.07) is 4.19. The van der Waals surface area contributed by atoms with Crippen LogP contribution in [0.5, 0.6) is 0 Å². The van der Waals surface area contributed by atoms with Crippen LogP contribution in [-0.4, -0.2) is 23.7 Å². The lowest BCUT2D eigenvalue weighted by Crippen LogP contribution is -2.54. The van der Waals surface area contributed by atoms with E-state index in [4.69, 9.17) is 0 Å². The summed E-state index contributed by atoms with van der Waals surface area (Å²) in [5.74, 6) is 0.787. The number of aliphatic carboxylic acids is 1. The van der Waals surface area contributed by atoms with Crippen LogP contribution in [0, 0.1) is 18.8 Å². The molecule has 2 heterocycles. The summed E-state index contributed by atoms with van der Waals surface area (Å²) in [4.78, 5) is 14.3. The van der Waals surface area contributed by atoms with Crippen LogP contribution in [0.25, 0.3) is 0 Å². The van der Waals surface area contributed by atoms with Gasteiger partial charge in [0.25, 0.3) is 0 Å². The Morgan fingerprint density at radius 1 is 1.13 bits per heavy atom. The minimum atomic E-state index is -0.662. The van der Waals surface area contributed by atoms with Gasteiger partial charge in [0.2, 0.25) is 0 Å². The molecular weight excluding hydrogens is 286 g/mol. The number of hydrogen-bond donors (Lipinski definition) is 1. The van der Waals surface area contributed by atoms with Crippen LogP contribution in [0.4, 0.5) is 5.69 Å². The lowest BCUT2D eigenvalue weighted by atomic mass is 9.71. The van der Waals surface area contributed by atoms with Gasteiger partial charge in [-0.25, -0.2) is 4.79 Å². The highest BCUT2D eigenvalue weighted by Gasteiger charge is 2.49. The second-order valence-corrected chi connectivity index (χ2v) is 7.53. The number of allylic oxidation sites excluding steroid dienone is 4. The number of nitrogens with zero attached hydrogens (tertiary/aromatic N) is 1. The van der Waals surface area contributed by atoms with Gasteiger partial charge in [0.15, 0.2) is 0 Å². The Morgan fingerprint density at radius 3 is 2.61 bits per heavy atom. The van der Waals surface area contributed by atoms with E-state index in [-0.39, 0.29) is 17.9 Å². The molecule has 3 nitrogen and oxygen atoms in total. The first-order chi connectivity index (χ1) is 11.1. The van der Waals surface area contributed by atoms with Crippen LogP contribution in [0.3, 0.4) is 0 Å². The molecule has 5 atom stereocenters. The first-order valence-corrected chi connectivity index (χ1v) is 8.62. The smallest absolute Gasteiger partial charge is 0.326 e. The topological polar surface area (TPSA) is 40.5 Å². The second-order valence-electron chi connectivity index (χ2n) is 7.53. The second kappa shape index (κ2) is 4.50. The fourth-order valence-corrected chi connectivity index (χ4v) is 5.40. The summed E-state index contributed by atoms with van der Waals surface area (Å²) in [6.45, 7) is 3.04. The molecule has 1 N–H and O–H groups in total. The minimum Gasteiger partial charge on any atom is -0.480 e. The molecule has 1 aromatic rings. The molecule has 0 saturated heterocycles. The van der Waals surface area contributed by atoms with E-state index in [0.717, 1.165) is 19.4 Å². The number of carboxylic acids is 1. The third-order valence-corrected chi connectivity index (χ3v) is 6.25. The van der Waals surface area contributed by atoms with Gasteiger partial charge in [0.05, 0.1) is 0 Å². The maximum atomic E-state index is 12.1. The molecule has 0 amide bonds. The van der Waals surface area contributed by atoms with Crippen LogP contribution in [0.1, 0.15) is 41.4 Å². The zero-order valence-corrected chi connectivity index (χ0v) is 13.3. The van der Waals surface area contributed by atoms with E-state index in [1.54, 1.807) is 0 Å². The SMILES string of the molecule is Cc1cc2c3c(c1)[C@@H]1C=CC[C@@H]1[C@H](C(=O)O)N3C[C@@H]1CC=C[C@@H]21. The molecule has 0 aromatic heterocycles. The van der Waals surface area contributed by atoms with Crippen molar-refractivity contribution in [3.63, 3.8) is 0 Å². The first-order valence-electron chi connectivity index (χ1n) is 8.62. The molecule has 4 aliphatic rings. The summed E-state index contributed by atoms with van der Waals surface area (Å²) >= 11 is 0. The summed E-state index contributed by atoms with van der Waals surface area (Å²) in [5.41, 5.74) is 5.24. The molecular formula is C20H21NO2. The van der Waals surface area contributed by atoms with Crippen LogP contribution in [0.2, 0.25) is 0 Å². The number of aryl methyl sites for hydroxylation is 1. The van der Waals surface area contributed by atoms with Crippen molar-refractivity contribution in [3.05, 3.63) is 53.1 Å². The van der Waals surface area contributed by atoms with Gasteiger partial charge in [0, 0.05) is 30.0 Å². The summed E-state index contributed by atoms with van der Waals surface area (Å²) in [5, 5.41) is 9.94. The Labute approximate surface area is 136 Å². The molecule has 2 aliphatic heterocycles. The van der Waals surface area contributed by atoms with Crippen molar-refractivity contribution in [2.24, 2.45) is 11.8 Å². The standard InChI is InChI=1S/C20H21NO2/c1-11-8-16-13-5-2-4-12(13)10-21-18(16)17(9-11)14-6-3-7-15(14)19(21)20(22)23/h2-3,5-6,8-9,12-15,19H,4,7,10H2,1H3,(H,22,23)/t12-,13+,14+,15-,19+/m0/s1. The number of benzene rings is 1. The highest BCUT2D eigenvalue weighted by molar-refractivity contribution is 5.84. The Bertz CT molecular complexity index is 746. The maximum absolute atomic E-state index is 12.1. The zero-order chi connectivity index (χ0) is 15.7. The number of carboxylic acid groups (broad SMARTS) is 1. The molecule has 3 heteroatoms. The highest BCUT2D eigenvalue weighted by Crippen LogP contribution is 2.55. The number of fused-ring (bicyclic) bond motifs is 4. The molecule has 0 saturated carbocycles. The van der Waals surface area contributed by atoms with Crippen molar-refractivity contribution >= 4 is 11.7 Å². The summed E-state index contributed by atoms with van der Waals surface area (Å²) < 4.78 is 0. The van der Waals surface area contributed by atoms with Gasteiger partial charge in [0.1, 0.15) is 6.04 Å².